The van der Waals surface area contributed by atoms with E-state index < -0.39 is 0 Å². The van der Waals surface area contributed by atoms with E-state index in [-0.39, 0.29) is 11.4 Å². The Morgan fingerprint density at radius 2 is 2.11 bits per heavy atom. The summed E-state index contributed by atoms with van der Waals surface area (Å²) in [6, 6.07) is 0.478. The largest absolute Gasteiger partial charge is 0.351 e. The normalized spacial score (nSPS) is 21.5. The summed E-state index contributed by atoms with van der Waals surface area (Å²) in [6.07, 6.45) is 5.94. The van der Waals surface area contributed by atoms with Crippen molar-refractivity contribution in [2.45, 2.75) is 45.2 Å². The number of likely N-dealkylation sites (tertiary alicyclic amines) is 1. The van der Waals surface area contributed by atoms with E-state index >= 15 is 0 Å². The summed E-state index contributed by atoms with van der Waals surface area (Å²) < 4.78 is 0. The molecule has 0 spiro atoms. The lowest BCUT2D eigenvalue weighted by atomic mass is 10.0. The maximum atomic E-state index is 11.7. The van der Waals surface area contributed by atoms with Crippen LogP contribution in [0.2, 0.25) is 0 Å². The van der Waals surface area contributed by atoms with Gasteiger partial charge >= 0.3 is 0 Å². The van der Waals surface area contributed by atoms with Crippen molar-refractivity contribution in [1.29, 1.82) is 0 Å². The second kappa shape index (κ2) is 7.06. The van der Waals surface area contributed by atoms with Gasteiger partial charge < -0.3 is 10.2 Å². The van der Waals surface area contributed by atoms with Crippen LogP contribution >= 0.6 is 0 Å². The van der Waals surface area contributed by atoms with Crippen molar-refractivity contribution in [3.05, 3.63) is 12.2 Å². The van der Waals surface area contributed by atoms with E-state index in [2.05, 4.69) is 31.0 Å². The zero-order valence-corrected chi connectivity index (χ0v) is 13.1. The van der Waals surface area contributed by atoms with Crippen molar-refractivity contribution in [3.8, 4) is 0 Å². The molecule has 1 fully saturated rings. The third-order valence-electron chi connectivity index (χ3n) is 3.49. The van der Waals surface area contributed by atoms with Crippen molar-refractivity contribution in [2.24, 2.45) is 0 Å². The van der Waals surface area contributed by atoms with Gasteiger partial charge in [0.05, 0.1) is 0 Å². The van der Waals surface area contributed by atoms with Gasteiger partial charge in [-0.2, -0.15) is 0 Å². The zero-order valence-electron chi connectivity index (χ0n) is 13.1. The fraction of sp³-hybridized carbons (Fsp3) is 0.800. The molecule has 4 nitrogen and oxygen atoms in total. The molecule has 1 atom stereocenters. The molecular weight excluding hydrogens is 238 g/mol. The van der Waals surface area contributed by atoms with Gasteiger partial charge in [0.2, 0.25) is 5.91 Å². The number of carbonyl (C=O) groups is 1. The standard InChI is InChI=1S/C15H29N3O/c1-15(2,3)18-11-6-8-13(18)12-16-14(19)9-7-10-17(4)5/h7,9,13H,6,8,10-12H2,1-5H3,(H,16,19)/b9-7+. The number of amides is 1. The van der Waals surface area contributed by atoms with Gasteiger partial charge in [-0.15, -0.1) is 0 Å². The van der Waals surface area contributed by atoms with E-state index in [0.29, 0.717) is 6.04 Å². The Morgan fingerprint density at radius 3 is 2.68 bits per heavy atom. The molecule has 0 bridgehead atoms. The number of nitrogens with zero attached hydrogens (tertiary/aromatic N) is 2. The molecule has 0 radical (unpaired) electrons. The highest BCUT2D eigenvalue weighted by Gasteiger charge is 2.32. The lowest BCUT2D eigenvalue weighted by Gasteiger charge is -2.37. The predicted molar refractivity (Wildman–Crippen MR) is 80.2 cm³/mol. The van der Waals surface area contributed by atoms with E-state index in [0.717, 1.165) is 19.6 Å². The van der Waals surface area contributed by atoms with Gasteiger partial charge in [-0.3, -0.25) is 9.69 Å². The van der Waals surface area contributed by atoms with Crippen LogP contribution in [-0.4, -0.2) is 61.0 Å². The number of likely N-dealkylation sites (N-methyl/N-ethyl adjacent to an activating group) is 1. The first-order valence-corrected chi connectivity index (χ1v) is 7.16. The minimum Gasteiger partial charge on any atom is -0.351 e. The minimum atomic E-state index is 0.0163. The van der Waals surface area contributed by atoms with Crippen LogP contribution in [-0.2, 0) is 4.79 Å². The van der Waals surface area contributed by atoms with Gasteiger partial charge in [-0.1, -0.05) is 6.08 Å². The van der Waals surface area contributed by atoms with Crippen LogP contribution in [0.3, 0.4) is 0 Å². The SMILES string of the molecule is CN(C)C/C=C/C(=O)NCC1CCCN1C(C)(C)C. The maximum Gasteiger partial charge on any atom is 0.243 e. The van der Waals surface area contributed by atoms with E-state index in [1.165, 1.54) is 12.8 Å². The topological polar surface area (TPSA) is 35.6 Å². The quantitative estimate of drug-likeness (QED) is 0.767. The molecule has 1 rings (SSSR count). The van der Waals surface area contributed by atoms with E-state index in [9.17, 15) is 4.79 Å². The second-order valence-electron chi connectivity index (χ2n) is 6.57. The predicted octanol–water partition coefficient (Wildman–Crippen LogP) is 1.48. The van der Waals surface area contributed by atoms with Crippen LogP contribution in [0.4, 0.5) is 0 Å². The van der Waals surface area contributed by atoms with Gasteiger partial charge in [0.25, 0.3) is 0 Å². The number of rotatable bonds is 5. The van der Waals surface area contributed by atoms with Crippen LogP contribution in [0.15, 0.2) is 12.2 Å². The van der Waals surface area contributed by atoms with Crippen molar-refractivity contribution in [3.63, 3.8) is 0 Å². The summed E-state index contributed by atoms with van der Waals surface area (Å²) in [5.41, 5.74) is 0.187. The molecule has 0 aliphatic carbocycles. The summed E-state index contributed by atoms with van der Waals surface area (Å²) >= 11 is 0. The van der Waals surface area contributed by atoms with Gasteiger partial charge in [-0.25, -0.2) is 0 Å². The first kappa shape index (κ1) is 16.2. The van der Waals surface area contributed by atoms with Crippen LogP contribution in [0.1, 0.15) is 33.6 Å². The molecular formula is C15H29N3O. The fourth-order valence-electron chi connectivity index (χ4n) is 2.58. The minimum absolute atomic E-state index is 0.0163. The molecule has 1 aliphatic heterocycles. The monoisotopic (exact) mass is 267 g/mol. The van der Waals surface area contributed by atoms with E-state index in [1.54, 1.807) is 6.08 Å². The molecule has 1 saturated heterocycles. The van der Waals surface area contributed by atoms with Gasteiger partial charge in [0, 0.05) is 30.7 Å². The summed E-state index contributed by atoms with van der Waals surface area (Å²) in [6.45, 7) is 9.41. The van der Waals surface area contributed by atoms with E-state index in [1.807, 2.05) is 25.1 Å². The molecule has 1 unspecified atom stereocenters. The molecule has 1 aliphatic rings. The maximum absolute atomic E-state index is 11.7. The summed E-state index contributed by atoms with van der Waals surface area (Å²) in [5, 5.41) is 3.01. The Hall–Kier alpha value is -0.870. The molecule has 110 valence electrons. The zero-order chi connectivity index (χ0) is 14.5. The molecule has 0 aromatic carbocycles. The van der Waals surface area contributed by atoms with Crippen molar-refractivity contribution >= 4 is 5.91 Å². The molecule has 4 heteroatoms. The van der Waals surface area contributed by atoms with Crippen LogP contribution < -0.4 is 5.32 Å². The number of nitrogens with one attached hydrogen (secondary N) is 1. The van der Waals surface area contributed by atoms with Gasteiger partial charge in [0.15, 0.2) is 0 Å². The molecule has 0 saturated carbocycles. The van der Waals surface area contributed by atoms with Gasteiger partial charge in [0.1, 0.15) is 0 Å². The van der Waals surface area contributed by atoms with Crippen LogP contribution in [0.5, 0.6) is 0 Å². The lowest BCUT2D eigenvalue weighted by molar-refractivity contribution is -0.116. The van der Waals surface area contributed by atoms with Crippen molar-refractivity contribution in [2.75, 3.05) is 33.7 Å². The molecule has 1 N–H and O–H groups in total. The lowest BCUT2D eigenvalue weighted by Crippen LogP contribution is -2.48. The smallest absolute Gasteiger partial charge is 0.243 e. The van der Waals surface area contributed by atoms with Crippen LogP contribution in [0, 0.1) is 0 Å². The first-order chi connectivity index (χ1) is 8.80. The third kappa shape index (κ3) is 5.74. The number of hydrogen-bond donors (Lipinski definition) is 1. The third-order valence-corrected chi connectivity index (χ3v) is 3.49. The molecule has 1 heterocycles. The highest BCUT2D eigenvalue weighted by Crippen LogP contribution is 2.25. The summed E-state index contributed by atoms with van der Waals surface area (Å²) in [4.78, 5) is 16.2. The molecule has 1 amide bonds. The van der Waals surface area contributed by atoms with E-state index in [4.69, 9.17) is 0 Å². The number of carbonyl (C=O) groups excluding carboxylic acids is 1. The van der Waals surface area contributed by atoms with Gasteiger partial charge in [-0.05, 0) is 54.3 Å². The second-order valence-corrected chi connectivity index (χ2v) is 6.57. The average molecular weight is 267 g/mol. The molecule has 0 aromatic heterocycles. The highest BCUT2D eigenvalue weighted by atomic mass is 16.1. The van der Waals surface area contributed by atoms with Crippen molar-refractivity contribution in [1.82, 2.24) is 15.1 Å². The summed E-state index contributed by atoms with van der Waals surface area (Å²) in [7, 11) is 3.98. The molecule has 0 aromatic rings. The first-order valence-electron chi connectivity index (χ1n) is 7.16. The molecule has 19 heavy (non-hydrogen) atoms. The number of hydrogen-bond acceptors (Lipinski definition) is 3. The Bertz CT molecular complexity index is 318. The van der Waals surface area contributed by atoms with Crippen LogP contribution in [0.25, 0.3) is 0 Å². The van der Waals surface area contributed by atoms with Crippen molar-refractivity contribution < 1.29 is 4.79 Å². The average Bonchev–Trinajstić information content (AvgIpc) is 2.73. The highest BCUT2D eigenvalue weighted by molar-refractivity contribution is 5.87. The fourth-order valence-corrected chi connectivity index (χ4v) is 2.58. The Kier molecular flexibility index (Phi) is 6.01. The Labute approximate surface area is 117 Å². The Morgan fingerprint density at radius 1 is 1.42 bits per heavy atom. The summed E-state index contributed by atoms with van der Waals surface area (Å²) in [5.74, 6) is 0.0163. The Balaban J connectivity index is 2.35.